The maximum atomic E-state index is 9.56. The molecule has 1 fully saturated rings. The average Bonchev–Trinajstić information content (AvgIpc) is 3.27. The van der Waals surface area contributed by atoms with Crippen molar-refractivity contribution in [1.82, 2.24) is 15.1 Å². The van der Waals surface area contributed by atoms with Gasteiger partial charge in [0, 0.05) is 5.56 Å². The predicted octanol–water partition coefficient (Wildman–Crippen LogP) is 3.40. The lowest BCUT2D eigenvalue weighted by Gasteiger charge is -2.14. The Morgan fingerprint density at radius 3 is 2.58 bits per heavy atom. The molecule has 0 saturated carbocycles. The van der Waals surface area contributed by atoms with E-state index in [1.54, 1.807) is 12.1 Å². The number of nitrogens with zero attached hydrogens (tertiary/aromatic N) is 2. The number of hydrogen-bond acceptors (Lipinski definition) is 3. The Morgan fingerprint density at radius 2 is 1.88 bits per heavy atom. The van der Waals surface area contributed by atoms with E-state index >= 15 is 0 Å². The van der Waals surface area contributed by atoms with Crippen molar-refractivity contribution in [2.24, 2.45) is 5.92 Å². The molecule has 3 aromatic rings. The lowest BCUT2D eigenvalue weighted by molar-refractivity contribution is 0.475. The number of benzene rings is 2. The third-order valence-electron chi connectivity index (χ3n) is 4.69. The second-order valence-electron chi connectivity index (χ2n) is 6.36. The fourth-order valence-corrected chi connectivity index (χ4v) is 3.41. The van der Waals surface area contributed by atoms with E-state index < -0.39 is 0 Å². The summed E-state index contributed by atoms with van der Waals surface area (Å²) in [6.45, 7) is 2.16. The first kappa shape index (κ1) is 15.0. The molecule has 2 N–H and O–H groups in total. The molecular formula is C20H21N3O. The van der Waals surface area contributed by atoms with Crippen LogP contribution < -0.4 is 5.32 Å². The lowest BCUT2D eigenvalue weighted by Crippen LogP contribution is -2.13. The zero-order valence-corrected chi connectivity index (χ0v) is 13.5. The Bertz CT molecular complexity index is 803. The number of nitrogens with one attached hydrogen (secondary N) is 1. The van der Waals surface area contributed by atoms with E-state index in [1.807, 2.05) is 36.5 Å². The normalized spacial score (nSPS) is 17.2. The third kappa shape index (κ3) is 2.93. The summed E-state index contributed by atoms with van der Waals surface area (Å²) in [6, 6.07) is 17.7. The molecule has 1 aliphatic heterocycles. The van der Waals surface area contributed by atoms with Crippen LogP contribution in [0.1, 0.15) is 12.1 Å². The molecule has 1 aromatic heterocycles. The van der Waals surface area contributed by atoms with Gasteiger partial charge in [0.1, 0.15) is 5.75 Å². The molecule has 0 bridgehead atoms. The van der Waals surface area contributed by atoms with Crippen LogP contribution in [0.25, 0.3) is 16.8 Å². The second-order valence-corrected chi connectivity index (χ2v) is 6.36. The summed E-state index contributed by atoms with van der Waals surface area (Å²) in [4.78, 5) is 0. The van der Waals surface area contributed by atoms with Crippen molar-refractivity contribution < 1.29 is 5.11 Å². The Kier molecular flexibility index (Phi) is 4.05. The predicted molar refractivity (Wildman–Crippen MR) is 95.3 cm³/mol. The molecule has 0 radical (unpaired) electrons. The monoisotopic (exact) mass is 319 g/mol. The molecule has 1 saturated heterocycles. The van der Waals surface area contributed by atoms with Gasteiger partial charge >= 0.3 is 0 Å². The minimum absolute atomic E-state index is 0.288. The van der Waals surface area contributed by atoms with Crippen molar-refractivity contribution in [3.63, 3.8) is 0 Å². The van der Waals surface area contributed by atoms with E-state index in [0.29, 0.717) is 5.92 Å². The van der Waals surface area contributed by atoms with Gasteiger partial charge in [0.2, 0.25) is 0 Å². The summed E-state index contributed by atoms with van der Waals surface area (Å²) in [5, 5.41) is 17.7. The van der Waals surface area contributed by atoms with Crippen molar-refractivity contribution in [3.8, 4) is 22.6 Å². The van der Waals surface area contributed by atoms with Crippen LogP contribution in [0.3, 0.4) is 0 Å². The fourth-order valence-electron chi connectivity index (χ4n) is 3.41. The van der Waals surface area contributed by atoms with Gasteiger partial charge in [0.15, 0.2) is 0 Å². The molecule has 0 amide bonds. The highest BCUT2D eigenvalue weighted by atomic mass is 16.3. The number of aromatic nitrogens is 2. The largest absolute Gasteiger partial charge is 0.508 e. The van der Waals surface area contributed by atoms with Gasteiger partial charge < -0.3 is 10.4 Å². The van der Waals surface area contributed by atoms with Gasteiger partial charge in [0.25, 0.3) is 0 Å². The summed E-state index contributed by atoms with van der Waals surface area (Å²) >= 11 is 0. The Hall–Kier alpha value is -2.59. The van der Waals surface area contributed by atoms with E-state index in [4.69, 9.17) is 0 Å². The highest BCUT2D eigenvalue weighted by Gasteiger charge is 2.21. The summed E-state index contributed by atoms with van der Waals surface area (Å²) in [7, 11) is 0. The molecule has 24 heavy (non-hydrogen) atoms. The fraction of sp³-hybridized carbons (Fsp3) is 0.250. The highest BCUT2D eigenvalue weighted by molar-refractivity contribution is 5.67. The molecule has 2 heterocycles. The van der Waals surface area contributed by atoms with Crippen molar-refractivity contribution >= 4 is 0 Å². The molecule has 0 aliphatic carbocycles. The summed E-state index contributed by atoms with van der Waals surface area (Å²) in [5.74, 6) is 0.927. The Balaban J connectivity index is 1.78. The maximum absolute atomic E-state index is 9.56. The van der Waals surface area contributed by atoms with Gasteiger partial charge in [-0.25, -0.2) is 4.68 Å². The maximum Gasteiger partial charge on any atom is 0.115 e. The number of phenols is 1. The molecule has 0 spiro atoms. The Morgan fingerprint density at radius 1 is 1.08 bits per heavy atom. The number of aromatic hydroxyl groups is 1. The number of rotatable bonds is 4. The van der Waals surface area contributed by atoms with E-state index in [9.17, 15) is 5.11 Å². The van der Waals surface area contributed by atoms with E-state index in [0.717, 1.165) is 36.3 Å². The van der Waals surface area contributed by atoms with Gasteiger partial charge in [-0.2, -0.15) is 5.10 Å². The zero-order chi connectivity index (χ0) is 16.4. The molecule has 4 heteroatoms. The average molecular weight is 319 g/mol. The van der Waals surface area contributed by atoms with Crippen molar-refractivity contribution in [2.45, 2.75) is 12.8 Å². The first-order valence-electron chi connectivity index (χ1n) is 8.44. The van der Waals surface area contributed by atoms with Gasteiger partial charge in [-0.3, -0.25) is 0 Å². The first-order chi connectivity index (χ1) is 11.8. The van der Waals surface area contributed by atoms with Gasteiger partial charge in [-0.05, 0) is 61.7 Å². The van der Waals surface area contributed by atoms with Crippen LogP contribution in [-0.2, 0) is 6.42 Å². The molecule has 2 aromatic carbocycles. The number of para-hydroxylation sites is 1. The molecule has 4 nitrogen and oxygen atoms in total. The first-order valence-corrected chi connectivity index (χ1v) is 8.44. The molecule has 1 aliphatic rings. The molecule has 122 valence electrons. The van der Waals surface area contributed by atoms with E-state index in [2.05, 4.69) is 27.2 Å². The third-order valence-corrected chi connectivity index (χ3v) is 4.69. The minimum atomic E-state index is 0.288. The number of phenolic OH excluding ortho intramolecular Hbond substituents is 1. The minimum Gasteiger partial charge on any atom is -0.508 e. The van der Waals surface area contributed by atoms with Crippen LogP contribution in [0, 0.1) is 5.92 Å². The van der Waals surface area contributed by atoms with Crippen LogP contribution >= 0.6 is 0 Å². The standard InChI is InChI=1S/C20H21N3O/c24-18-8-6-16(7-9-18)19-14-22-23(17-4-2-1-3-5-17)20(19)12-15-10-11-21-13-15/h1-9,14-15,21,24H,10-13H2. The summed E-state index contributed by atoms with van der Waals surface area (Å²) in [6.07, 6.45) is 4.14. The quantitative estimate of drug-likeness (QED) is 0.775. The van der Waals surface area contributed by atoms with Crippen molar-refractivity contribution in [1.29, 1.82) is 0 Å². The smallest absolute Gasteiger partial charge is 0.115 e. The van der Waals surface area contributed by atoms with Crippen LogP contribution in [0.2, 0.25) is 0 Å². The number of hydrogen-bond donors (Lipinski definition) is 2. The van der Waals surface area contributed by atoms with E-state index in [1.165, 1.54) is 12.1 Å². The summed E-state index contributed by atoms with van der Waals surface area (Å²) < 4.78 is 2.06. The highest BCUT2D eigenvalue weighted by Crippen LogP contribution is 2.30. The molecule has 1 unspecified atom stereocenters. The van der Waals surface area contributed by atoms with Crippen molar-refractivity contribution in [2.75, 3.05) is 13.1 Å². The van der Waals surface area contributed by atoms with E-state index in [-0.39, 0.29) is 5.75 Å². The molecule has 1 atom stereocenters. The van der Waals surface area contributed by atoms with Gasteiger partial charge in [0.05, 0.1) is 17.6 Å². The lowest BCUT2D eigenvalue weighted by atomic mass is 9.97. The van der Waals surface area contributed by atoms with Crippen LogP contribution in [0.15, 0.2) is 60.8 Å². The molecule has 4 rings (SSSR count). The molecular weight excluding hydrogens is 298 g/mol. The zero-order valence-electron chi connectivity index (χ0n) is 13.5. The van der Waals surface area contributed by atoms with Crippen LogP contribution in [0.5, 0.6) is 5.75 Å². The summed E-state index contributed by atoms with van der Waals surface area (Å²) in [5.41, 5.74) is 4.56. The SMILES string of the molecule is Oc1ccc(-c2cnn(-c3ccccc3)c2CC2CCNC2)cc1. The van der Waals surface area contributed by atoms with Crippen molar-refractivity contribution in [3.05, 3.63) is 66.5 Å². The Labute approximate surface area is 141 Å². The topological polar surface area (TPSA) is 50.1 Å². The second kappa shape index (κ2) is 6.49. The van der Waals surface area contributed by atoms with Gasteiger partial charge in [-0.1, -0.05) is 30.3 Å². The van der Waals surface area contributed by atoms with Crippen LogP contribution in [-0.4, -0.2) is 28.0 Å². The van der Waals surface area contributed by atoms with Crippen LogP contribution in [0.4, 0.5) is 0 Å². The van der Waals surface area contributed by atoms with Gasteiger partial charge in [-0.15, -0.1) is 0 Å².